The molecule has 176 valence electrons. The number of nitrogens with zero attached hydrogens (tertiary/aromatic N) is 1. The maximum atomic E-state index is 12.4. The standard InChI is InChI=1S/C25H36N4O2.HI/c1-17(2)31-22-13-18(3)11-12-21(22)16-28-24(26-7)27-15-19-9-8-10-20(14-19)23(30)29-25(4,5)6;/h8-14,17H,15-16H2,1-7H3,(H,29,30)(H2,26,27,28);1H. The first kappa shape index (κ1) is 27.7. The number of aliphatic imine (C=N–C) groups is 1. The molecule has 0 aromatic heterocycles. The van der Waals surface area contributed by atoms with Gasteiger partial charge >= 0.3 is 0 Å². The molecule has 7 heteroatoms. The van der Waals surface area contributed by atoms with E-state index in [-0.39, 0.29) is 41.5 Å². The van der Waals surface area contributed by atoms with E-state index in [0.717, 1.165) is 22.4 Å². The van der Waals surface area contributed by atoms with Crippen LogP contribution in [0.1, 0.15) is 61.7 Å². The Kier molecular flexibility index (Phi) is 11.0. The molecular weight excluding hydrogens is 515 g/mol. The summed E-state index contributed by atoms with van der Waals surface area (Å²) < 4.78 is 5.95. The van der Waals surface area contributed by atoms with Gasteiger partial charge in [-0.15, -0.1) is 24.0 Å². The second kappa shape index (κ2) is 12.7. The van der Waals surface area contributed by atoms with Gasteiger partial charge in [-0.25, -0.2) is 0 Å². The van der Waals surface area contributed by atoms with Crippen LogP contribution >= 0.6 is 24.0 Å². The highest BCUT2D eigenvalue weighted by molar-refractivity contribution is 14.0. The minimum Gasteiger partial charge on any atom is -0.491 e. The number of carbonyl (C=O) groups is 1. The molecule has 0 saturated heterocycles. The van der Waals surface area contributed by atoms with Gasteiger partial charge < -0.3 is 20.7 Å². The van der Waals surface area contributed by atoms with Crippen molar-refractivity contribution in [3.63, 3.8) is 0 Å². The number of guanidine groups is 1. The lowest BCUT2D eigenvalue weighted by Gasteiger charge is -2.20. The first-order chi connectivity index (χ1) is 14.6. The summed E-state index contributed by atoms with van der Waals surface area (Å²) in [5.74, 6) is 1.49. The van der Waals surface area contributed by atoms with Crippen molar-refractivity contribution in [2.24, 2.45) is 4.99 Å². The second-order valence-electron chi connectivity index (χ2n) is 8.96. The average Bonchev–Trinajstić information content (AvgIpc) is 2.68. The molecule has 0 aliphatic rings. The fourth-order valence-electron chi connectivity index (χ4n) is 2.99. The maximum Gasteiger partial charge on any atom is 0.251 e. The monoisotopic (exact) mass is 552 g/mol. The Morgan fingerprint density at radius 2 is 1.75 bits per heavy atom. The lowest BCUT2D eigenvalue weighted by Crippen LogP contribution is -2.40. The van der Waals surface area contributed by atoms with Gasteiger partial charge in [0.05, 0.1) is 6.10 Å². The summed E-state index contributed by atoms with van der Waals surface area (Å²) in [6.07, 6.45) is 0.112. The highest BCUT2D eigenvalue weighted by Crippen LogP contribution is 2.21. The van der Waals surface area contributed by atoms with Gasteiger partial charge in [0.2, 0.25) is 0 Å². The Morgan fingerprint density at radius 3 is 2.38 bits per heavy atom. The molecule has 0 unspecified atom stereocenters. The fourth-order valence-corrected chi connectivity index (χ4v) is 2.99. The summed E-state index contributed by atoms with van der Waals surface area (Å²) in [7, 11) is 1.74. The van der Waals surface area contributed by atoms with Gasteiger partial charge in [-0.2, -0.15) is 0 Å². The summed E-state index contributed by atoms with van der Waals surface area (Å²) in [5.41, 5.74) is 3.61. The Bertz CT molecular complexity index is 920. The van der Waals surface area contributed by atoms with Crippen LogP contribution in [0.5, 0.6) is 5.75 Å². The quantitative estimate of drug-likeness (QED) is 0.262. The van der Waals surface area contributed by atoms with E-state index in [1.165, 1.54) is 0 Å². The average molecular weight is 553 g/mol. The van der Waals surface area contributed by atoms with Crippen molar-refractivity contribution < 1.29 is 9.53 Å². The largest absolute Gasteiger partial charge is 0.491 e. The predicted octanol–water partition coefficient (Wildman–Crippen LogP) is 4.79. The molecule has 2 aromatic rings. The van der Waals surface area contributed by atoms with Gasteiger partial charge in [0.15, 0.2) is 5.96 Å². The lowest BCUT2D eigenvalue weighted by atomic mass is 10.1. The van der Waals surface area contributed by atoms with Crippen molar-refractivity contribution in [2.45, 2.75) is 66.3 Å². The molecule has 0 bridgehead atoms. The first-order valence-electron chi connectivity index (χ1n) is 10.7. The topological polar surface area (TPSA) is 74.8 Å². The van der Waals surface area contributed by atoms with Crippen LogP contribution in [0.15, 0.2) is 47.5 Å². The van der Waals surface area contributed by atoms with E-state index in [9.17, 15) is 4.79 Å². The molecule has 2 rings (SSSR count). The van der Waals surface area contributed by atoms with Crippen LogP contribution in [0.2, 0.25) is 0 Å². The van der Waals surface area contributed by atoms with Crippen LogP contribution in [0.3, 0.4) is 0 Å². The van der Waals surface area contributed by atoms with Crippen LogP contribution in [0.25, 0.3) is 0 Å². The Balaban J connectivity index is 0.00000512. The number of halogens is 1. The van der Waals surface area contributed by atoms with Gasteiger partial charge in [-0.1, -0.05) is 24.3 Å². The van der Waals surface area contributed by atoms with Crippen molar-refractivity contribution >= 4 is 35.8 Å². The van der Waals surface area contributed by atoms with E-state index in [1.807, 2.05) is 58.9 Å². The molecule has 0 fully saturated rings. The molecular formula is C25H37IN4O2. The number of benzene rings is 2. The molecule has 32 heavy (non-hydrogen) atoms. The summed E-state index contributed by atoms with van der Waals surface area (Å²) in [5, 5.41) is 9.64. The van der Waals surface area contributed by atoms with Gasteiger partial charge in [-0.3, -0.25) is 9.79 Å². The molecule has 3 N–H and O–H groups in total. The van der Waals surface area contributed by atoms with Crippen LogP contribution in [-0.4, -0.2) is 30.6 Å². The number of hydrogen-bond donors (Lipinski definition) is 3. The van der Waals surface area contributed by atoms with Gasteiger partial charge in [0.25, 0.3) is 5.91 Å². The third-order valence-corrected chi connectivity index (χ3v) is 4.39. The molecule has 0 saturated carbocycles. The second-order valence-corrected chi connectivity index (χ2v) is 8.96. The van der Waals surface area contributed by atoms with Crippen LogP contribution in [0.4, 0.5) is 0 Å². The number of amides is 1. The van der Waals surface area contributed by atoms with E-state index in [0.29, 0.717) is 24.6 Å². The molecule has 0 spiro atoms. The summed E-state index contributed by atoms with van der Waals surface area (Å²) in [6, 6.07) is 13.8. The van der Waals surface area contributed by atoms with Gasteiger partial charge in [-0.05, 0) is 70.9 Å². The van der Waals surface area contributed by atoms with Crippen LogP contribution in [-0.2, 0) is 13.1 Å². The maximum absolute atomic E-state index is 12.4. The highest BCUT2D eigenvalue weighted by atomic mass is 127. The molecule has 0 atom stereocenters. The number of hydrogen-bond acceptors (Lipinski definition) is 3. The van der Waals surface area contributed by atoms with Gasteiger partial charge in [0.1, 0.15) is 5.75 Å². The summed E-state index contributed by atoms with van der Waals surface area (Å²) >= 11 is 0. The molecule has 2 aromatic carbocycles. The minimum atomic E-state index is -0.272. The molecule has 0 heterocycles. The van der Waals surface area contributed by atoms with E-state index in [2.05, 4.69) is 46.1 Å². The lowest BCUT2D eigenvalue weighted by molar-refractivity contribution is 0.0919. The minimum absolute atomic E-state index is 0. The zero-order chi connectivity index (χ0) is 23.0. The predicted molar refractivity (Wildman–Crippen MR) is 143 cm³/mol. The van der Waals surface area contributed by atoms with Crippen molar-refractivity contribution in [1.29, 1.82) is 0 Å². The zero-order valence-electron chi connectivity index (χ0n) is 20.2. The third-order valence-electron chi connectivity index (χ3n) is 4.39. The first-order valence-corrected chi connectivity index (χ1v) is 10.7. The van der Waals surface area contributed by atoms with E-state index in [1.54, 1.807) is 7.05 Å². The summed E-state index contributed by atoms with van der Waals surface area (Å²) in [4.78, 5) is 16.7. The normalized spacial score (nSPS) is 11.6. The van der Waals surface area contributed by atoms with Crippen molar-refractivity contribution in [2.75, 3.05) is 7.05 Å². The highest BCUT2D eigenvalue weighted by Gasteiger charge is 2.15. The Labute approximate surface area is 209 Å². The molecule has 6 nitrogen and oxygen atoms in total. The zero-order valence-corrected chi connectivity index (χ0v) is 22.5. The van der Waals surface area contributed by atoms with Crippen molar-refractivity contribution in [3.8, 4) is 5.75 Å². The number of rotatable bonds is 7. The number of ether oxygens (including phenoxy) is 1. The molecule has 0 radical (unpaired) electrons. The van der Waals surface area contributed by atoms with Crippen LogP contribution in [0, 0.1) is 6.92 Å². The molecule has 1 amide bonds. The number of nitrogens with one attached hydrogen (secondary N) is 3. The summed E-state index contributed by atoms with van der Waals surface area (Å²) in [6.45, 7) is 13.2. The van der Waals surface area contributed by atoms with E-state index < -0.39 is 0 Å². The fraction of sp³-hybridized carbons (Fsp3) is 0.440. The Hall–Kier alpha value is -2.29. The van der Waals surface area contributed by atoms with Crippen molar-refractivity contribution in [1.82, 2.24) is 16.0 Å². The third kappa shape index (κ3) is 9.46. The molecule has 0 aliphatic heterocycles. The van der Waals surface area contributed by atoms with E-state index in [4.69, 9.17) is 4.74 Å². The van der Waals surface area contributed by atoms with Gasteiger partial charge in [0, 0.05) is 36.8 Å². The number of aryl methyl sites for hydroxylation is 1. The smallest absolute Gasteiger partial charge is 0.251 e. The van der Waals surface area contributed by atoms with Crippen LogP contribution < -0.4 is 20.7 Å². The van der Waals surface area contributed by atoms with Crippen molar-refractivity contribution in [3.05, 3.63) is 64.7 Å². The number of carbonyl (C=O) groups excluding carboxylic acids is 1. The SMILES string of the molecule is CN=C(NCc1cccc(C(=O)NC(C)(C)C)c1)NCc1ccc(C)cc1OC(C)C.I. The van der Waals surface area contributed by atoms with E-state index >= 15 is 0 Å². The Morgan fingerprint density at radius 1 is 1.06 bits per heavy atom. The molecule has 0 aliphatic carbocycles.